The molecule has 108 valence electrons. The van der Waals surface area contributed by atoms with Crippen molar-refractivity contribution in [3.63, 3.8) is 0 Å². The van der Waals surface area contributed by atoms with E-state index >= 15 is 0 Å². The first kappa shape index (κ1) is 14.4. The number of anilines is 1. The standard InChI is InChI=1S/C14H13N3O4/c1-10(11-2-6-13(7-3-11)16(18)19)15-12-4-8-14(9-5-12)17(20)21/h2-10,15H,1H3. The quantitative estimate of drug-likeness (QED) is 0.668. The molecular formula is C14H13N3O4. The van der Waals surface area contributed by atoms with Gasteiger partial charge in [0, 0.05) is 36.0 Å². The van der Waals surface area contributed by atoms with E-state index in [1.54, 1.807) is 24.3 Å². The normalized spacial score (nSPS) is 11.7. The SMILES string of the molecule is CC(Nc1ccc([N+](=O)[O-])cc1)c1ccc([N+](=O)[O-])cc1. The Morgan fingerprint density at radius 3 is 1.71 bits per heavy atom. The highest BCUT2D eigenvalue weighted by Gasteiger charge is 2.10. The third-order valence-corrected chi connectivity index (χ3v) is 3.07. The van der Waals surface area contributed by atoms with Crippen LogP contribution < -0.4 is 5.32 Å². The summed E-state index contributed by atoms with van der Waals surface area (Å²) in [6.07, 6.45) is 0. The lowest BCUT2D eigenvalue weighted by Crippen LogP contribution is -2.06. The summed E-state index contributed by atoms with van der Waals surface area (Å²) in [4.78, 5) is 20.3. The Morgan fingerprint density at radius 1 is 0.857 bits per heavy atom. The molecule has 7 heteroatoms. The summed E-state index contributed by atoms with van der Waals surface area (Å²) in [5.74, 6) is 0. The molecule has 0 saturated heterocycles. The van der Waals surface area contributed by atoms with Crippen LogP contribution in [0.4, 0.5) is 17.1 Å². The van der Waals surface area contributed by atoms with Gasteiger partial charge in [0.15, 0.2) is 0 Å². The molecule has 0 spiro atoms. The van der Waals surface area contributed by atoms with E-state index in [9.17, 15) is 20.2 Å². The van der Waals surface area contributed by atoms with Gasteiger partial charge in [-0.05, 0) is 24.6 Å². The van der Waals surface area contributed by atoms with Crippen molar-refractivity contribution in [3.05, 3.63) is 74.3 Å². The second-order valence-electron chi connectivity index (χ2n) is 4.52. The van der Waals surface area contributed by atoms with Crippen LogP contribution in [0.25, 0.3) is 0 Å². The molecule has 2 rings (SSSR count). The maximum absolute atomic E-state index is 10.6. The van der Waals surface area contributed by atoms with Crippen molar-refractivity contribution < 1.29 is 9.85 Å². The second-order valence-corrected chi connectivity index (χ2v) is 4.52. The molecule has 21 heavy (non-hydrogen) atoms. The summed E-state index contributed by atoms with van der Waals surface area (Å²) < 4.78 is 0. The van der Waals surface area contributed by atoms with Crippen LogP contribution >= 0.6 is 0 Å². The van der Waals surface area contributed by atoms with Gasteiger partial charge in [0.2, 0.25) is 0 Å². The average molecular weight is 287 g/mol. The highest BCUT2D eigenvalue weighted by Crippen LogP contribution is 2.23. The van der Waals surface area contributed by atoms with E-state index in [4.69, 9.17) is 0 Å². The summed E-state index contributed by atoms with van der Waals surface area (Å²) in [7, 11) is 0. The van der Waals surface area contributed by atoms with Crippen LogP contribution in [-0.2, 0) is 0 Å². The molecule has 0 amide bonds. The van der Waals surface area contributed by atoms with Crippen LogP contribution in [0, 0.1) is 20.2 Å². The van der Waals surface area contributed by atoms with Gasteiger partial charge >= 0.3 is 0 Å². The van der Waals surface area contributed by atoms with Gasteiger partial charge in [-0.1, -0.05) is 12.1 Å². The van der Waals surface area contributed by atoms with Gasteiger partial charge in [-0.15, -0.1) is 0 Å². The number of nitrogens with one attached hydrogen (secondary N) is 1. The minimum absolute atomic E-state index is 0.0311. The predicted molar refractivity (Wildman–Crippen MR) is 78.2 cm³/mol. The fraction of sp³-hybridized carbons (Fsp3) is 0.143. The molecule has 0 aliphatic rings. The third kappa shape index (κ3) is 3.53. The zero-order valence-electron chi connectivity index (χ0n) is 11.2. The minimum atomic E-state index is -0.455. The molecule has 2 aromatic carbocycles. The lowest BCUT2D eigenvalue weighted by molar-refractivity contribution is -0.385. The maximum atomic E-state index is 10.6. The number of rotatable bonds is 5. The van der Waals surface area contributed by atoms with E-state index in [0.717, 1.165) is 11.3 Å². The molecule has 0 heterocycles. The molecular weight excluding hydrogens is 274 g/mol. The van der Waals surface area contributed by atoms with E-state index < -0.39 is 9.85 Å². The van der Waals surface area contributed by atoms with E-state index in [-0.39, 0.29) is 17.4 Å². The number of nitro groups is 2. The van der Waals surface area contributed by atoms with Crippen LogP contribution in [0.5, 0.6) is 0 Å². The monoisotopic (exact) mass is 287 g/mol. The zero-order chi connectivity index (χ0) is 15.4. The predicted octanol–water partition coefficient (Wildman–Crippen LogP) is 3.68. The molecule has 0 aromatic heterocycles. The smallest absolute Gasteiger partial charge is 0.269 e. The van der Waals surface area contributed by atoms with Crippen molar-refractivity contribution in [1.82, 2.24) is 0 Å². The highest BCUT2D eigenvalue weighted by atomic mass is 16.6. The Morgan fingerprint density at radius 2 is 1.29 bits per heavy atom. The van der Waals surface area contributed by atoms with Crippen LogP contribution in [0.1, 0.15) is 18.5 Å². The fourth-order valence-corrected chi connectivity index (χ4v) is 1.90. The average Bonchev–Trinajstić information content (AvgIpc) is 2.47. The topological polar surface area (TPSA) is 98.3 Å². The fourth-order valence-electron chi connectivity index (χ4n) is 1.90. The van der Waals surface area contributed by atoms with Gasteiger partial charge in [-0.2, -0.15) is 0 Å². The molecule has 0 aliphatic carbocycles. The van der Waals surface area contributed by atoms with E-state index in [1.165, 1.54) is 24.3 Å². The molecule has 1 unspecified atom stereocenters. The summed E-state index contributed by atoms with van der Waals surface area (Å²) in [6, 6.07) is 12.3. The lowest BCUT2D eigenvalue weighted by Gasteiger charge is -2.15. The number of nitrogens with zero attached hydrogens (tertiary/aromatic N) is 2. The van der Waals surface area contributed by atoms with E-state index in [1.807, 2.05) is 6.92 Å². The van der Waals surface area contributed by atoms with Crippen LogP contribution in [0.2, 0.25) is 0 Å². The number of benzene rings is 2. The number of hydrogen-bond acceptors (Lipinski definition) is 5. The van der Waals surface area contributed by atoms with Gasteiger partial charge in [0.25, 0.3) is 11.4 Å². The molecule has 1 atom stereocenters. The van der Waals surface area contributed by atoms with Crippen molar-refractivity contribution in [2.24, 2.45) is 0 Å². The Labute approximate surface area is 120 Å². The number of nitro benzene ring substituents is 2. The molecule has 0 radical (unpaired) electrons. The van der Waals surface area contributed by atoms with Crippen LogP contribution in [0.15, 0.2) is 48.5 Å². The Balaban J connectivity index is 2.08. The Hall–Kier alpha value is -2.96. The van der Waals surface area contributed by atoms with Gasteiger partial charge in [-0.25, -0.2) is 0 Å². The summed E-state index contributed by atoms with van der Waals surface area (Å²) in [5.41, 5.74) is 1.70. The largest absolute Gasteiger partial charge is 0.379 e. The van der Waals surface area contributed by atoms with Crippen molar-refractivity contribution in [3.8, 4) is 0 Å². The molecule has 0 saturated carbocycles. The second kappa shape index (κ2) is 6.00. The number of non-ortho nitro benzene ring substituents is 2. The molecule has 7 nitrogen and oxygen atoms in total. The molecule has 0 bridgehead atoms. The van der Waals surface area contributed by atoms with Crippen LogP contribution in [-0.4, -0.2) is 9.85 Å². The molecule has 1 N–H and O–H groups in total. The minimum Gasteiger partial charge on any atom is -0.379 e. The van der Waals surface area contributed by atoms with Gasteiger partial charge in [0.05, 0.1) is 9.85 Å². The van der Waals surface area contributed by atoms with Crippen molar-refractivity contribution in [1.29, 1.82) is 0 Å². The molecule has 0 aliphatic heterocycles. The zero-order valence-corrected chi connectivity index (χ0v) is 11.2. The first-order valence-electron chi connectivity index (χ1n) is 6.22. The molecule has 2 aromatic rings. The van der Waals surface area contributed by atoms with Crippen LogP contribution in [0.3, 0.4) is 0 Å². The molecule has 0 fully saturated rings. The lowest BCUT2D eigenvalue weighted by atomic mass is 10.1. The summed E-state index contributed by atoms with van der Waals surface area (Å²) in [5, 5.41) is 24.3. The van der Waals surface area contributed by atoms with Gasteiger partial charge in [0.1, 0.15) is 0 Å². The van der Waals surface area contributed by atoms with E-state index in [0.29, 0.717) is 0 Å². The first-order valence-corrected chi connectivity index (χ1v) is 6.22. The summed E-state index contributed by atoms with van der Waals surface area (Å²) >= 11 is 0. The summed E-state index contributed by atoms with van der Waals surface area (Å²) in [6.45, 7) is 1.91. The third-order valence-electron chi connectivity index (χ3n) is 3.07. The maximum Gasteiger partial charge on any atom is 0.269 e. The number of hydrogen-bond donors (Lipinski definition) is 1. The Kier molecular flexibility index (Phi) is 4.13. The van der Waals surface area contributed by atoms with Gasteiger partial charge in [-0.3, -0.25) is 20.2 Å². The highest BCUT2D eigenvalue weighted by molar-refractivity contribution is 5.50. The van der Waals surface area contributed by atoms with Crippen molar-refractivity contribution in [2.45, 2.75) is 13.0 Å². The van der Waals surface area contributed by atoms with Gasteiger partial charge < -0.3 is 5.32 Å². The van der Waals surface area contributed by atoms with E-state index in [2.05, 4.69) is 5.32 Å². The van der Waals surface area contributed by atoms with Crippen molar-refractivity contribution in [2.75, 3.05) is 5.32 Å². The van der Waals surface area contributed by atoms with Crippen molar-refractivity contribution >= 4 is 17.1 Å². The first-order chi connectivity index (χ1) is 9.97. The Bertz CT molecular complexity index is 653.